The molecule has 0 radical (unpaired) electrons. The number of hydrogen-bond acceptors (Lipinski definition) is 3. The predicted octanol–water partition coefficient (Wildman–Crippen LogP) is 1.35. The number of aliphatic hydroxyl groups excluding tert-OH is 1. The van der Waals surface area contributed by atoms with Crippen LogP contribution in [0.25, 0.3) is 0 Å². The lowest BCUT2D eigenvalue weighted by molar-refractivity contribution is 0.00852. The van der Waals surface area contributed by atoms with Crippen LogP contribution in [-0.2, 0) is 16.1 Å². The van der Waals surface area contributed by atoms with Crippen LogP contribution in [-0.4, -0.2) is 30.5 Å². The van der Waals surface area contributed by atoms with Crippen LogP contribution in [0.1, 0.15) is 12.0 Å². The molecule has 0 amide bonds. The summed E-state index contributed by atoms with van der Waals surface area (Å²) in [6.07, 6.45) is 0.438. The molecule has 2 rings (SSSR count). The molecule has 3 heteroatoms. The third kappa shape index (κ3) is 3.30. The highest BCUT2D eigenvalue weighted by Crippen LogP contribution is 2.13. The first-order valence-electron chi connectivity index (χ1n) is 5.26. The molecule has 2 atom stereocenters. The minimum Gasteiger partial charge on any atom is -0.391 e. The predicted molar refractivity (Wildman–Crippen MR) is 56.5 cm³/mol. The van der Waals surface area contributed by atoms with E-state index in [1.165, 1.54) is 0 Å². The van der Waals surface area contributed by atoms with Gasteiger partial charge >= 0.3 is 0 Å². The van der Waals surface area contributed by atoms with Gasteiger partial charge in [0.2, 0.25) is 0 Å². The van der Waals surface area contributed by atoms with Crippen LogP contribution in [0.3, 0.4) is 0 Å². The number of benzene rings is 1. The molecule has 15 heavy (non-hydrogen) atoms. The van der Waals surface area contributed by atoms with Gasteiger partial charge < -0.3 is 14.6 Å². The van der Waals surface area contributed by atoms with Crippen LogP contribution in [0.15, 0.2) is 30.3 Å². The molecule has 0 unspecified atom stereocenters. The Bertz CT molecular complexity index is 286. The molecule has 0 saturated carbocycles. The maximum atomic E-state index is 9.24. The fraction of sp³-hybridized carbons (Fsp3) is 0.500. The molecule has 1 aliphatic rings. The molecule has 1 saturated heterocycles. The molecule has 82 valence electrons. The molecule has 1 aromatic carbocycles. The summed E-state index contributed by atoms with van der Waals surface area (Å²) in [4.78, 5) is 0. The van der Waals surface area contributed by atoms with E-state index in [0.717, 1.165) is 5.56 Å². The van der Waals surface area contributed by atoms with Gasteiger partial charge in [-0.15, -0.1) is 0 Å². The highest BCUT2D eigenvalue weighted by Gasteiger charge is 2.23. The van der Waals surface area contributed by atoms with Crippen molar-refractivity contribution in [1.29, 1.82) is 0 Å². The van der Waals surface area contributed by atoms with Crippen LogP contribution >= 0.6 is 0 Å². The van der Waals surface area contributed by atoms with Gasteiger partial charge in [0.05, 0.1) is 32.0 Å². The van der Waals surface area contributed by atoms with Gasteiger partial charge in [0.1, 0.15) is 0 Å². The number of ether oxygens (including phenoxy) is 2. The average Bonchev–Trinajstić information content (AvgIpc) is 2.66. The lowest BCUT2D eigenvalue weighted by Crippen LogP contribution is -2.14. The Morgan fingerprint density at radius 2 is 2.13 bits per heavy atom. The van der Waals surface area contributed by atoms with E-state index in [4.69, 9.17) is 9.47 Å². The second-order valence-electron chi connectivity index (χ2n) is 3.85. The maximum Gasteiger partial charge on any atom is 0.0835 e. The van der Waals surface area contributed by atoms with E-state index < -0.39 is 0 Å². The van der Waals surface area contributed by atoms with Gasteiger partial charge in [-0.3, -0.25) is 0 Å². The summed E-state index contributed by atoms with van der Waals surface area (Å²) in [6.45, 7) is 1.61. The summed E-state index contributed by atoms with van der Waals surface area (Å²) in [7, 11) is 0. The maximum absolute atomic E-state index is 9.24. The van der Waals surface area contributed by atoms with E-state index in [1.807, 2.05) is 30.3 Å². The van der Waals surface area contributed by atoms with Crippen LogP contribution in [0.4, 0.5) is 0 Å². The Balaban J connectivity index is 1.67. The van der Waals surface area contributed by atoms with Gasteiger partial charge in [0, 0.05) is 6.42 Å². The van der Waals surface area contributed by atoms with Crippen molar-refractivity contribution in [2.24, 2.45) is 0 Å². The minimum atomic E-state index is -0.310. The molecule has 0 aliphatic carbocycles. The Hall–Kier alpha value is -0.900. The van der Waals surface area contributed by atoms with Gasteiger partial charge in [-0.25, -0.2) is 0 Å². The molecule has 3 nitrogen and oxygen atoms in total. The standard InChI is InChI=1S/C12H16O3/c13-11-6-12(15-8-11)9-14-7-10-4-2-1-3-5-10/h1-5,11-13H,6-9H2/t11-,12-/m0/s1. The van der Waals surface area contributed by atoms with Crippen LogP contribution < -0.4 is 0 Å². The fourth-order valence-corrected chi connectivity index (χ4v) is 1.69. The number of rotatable bonds is 4. The van der Waals surface area contributed by atoms with Gasteiger partial charge in [-0.1, -0.05) is 30.3 Å². The first-order valence-corrected chi connectivity index (χ1v) is 5.26. The van der Waals surface area contributed by atoms with Gasteiger partial charge in [-0.2, -0.15) is 0 Å². The first kappa shape index (κ1) is 10.6. The molecule has 1 aliphatic heterocycles. The molecule has 1 heterocycles. The normalized spacial score (nSPS) is 25.7. The van der Waals surface area contributed by atoms with E-state index in [0.29, 0.717) is 26.2 Å². The van der Waals surface area contributed by atoms with Crippen molar-refractivity contribution in [3.05, 3.63) is 35.9 Å². The quantitative estimate of drug-likeness (QED) is 0.811. The van der Waals surface area contributed by atoms with E-state index in [1.54, 1.807) is 0 Å². The molecular weight excluding hydrogens is 192 g/mol. The van der Waals surface area contributed by atoms with Crippen LogP contribution in [0.5, 0.6) is 0 Å². The monoisotopic (exact) mass is 208 g/mol. The minimum absolute atomic E-state index is 0.0590. The topological polar surface area (TPSA) is 38.7 Å². The van der Waals surface area contributed by atoms with Crippen molar-refractivity contribution >= 4 is 0 Å². The van der Waals surface area contributed by atoms with E-state index in [-0.39, 0.29) is 12.2 Å². The summed E-state index contributed by atoms with van der Waals surface area (Å²) < 4.78 is 10.8. The summed E-state index contributed by atoms with van der Waals surface area (Å²) in [6, 6.07) is 10.0. The van der Waals surface area contributed by atoms with Crippen molar-refractivity contribution in [3.63, 3.8) is 0 Å². The second kappa shape index (κ2) is 5.26. The largest absolute Gasteiger partial charge is 0.391 e. The molecule has 0 spiro atoms. The average molecular weight is 208 g/mol. The Labute approximate surface area is 89.6 Å². The fourth-order valence-electron chi connectivity index (χ4n) is 1.69. The zero-order valence-corrected chi connectivity index (χ0v) is 8.63. The molecule has 1 N–H and O–H groups in total. The van der Waals surface area contributed by atoms with E-state index in [9.17, 15) is 5.11 Å². The van der Waals surface area contributed by atoms with Crippen molar-refractivity contribution in [1.82, 2.24) is 0 Å². The summed E-state index contributed by atoms with van der Waals surface area (Å²) in [5, 5.41) is 9.24. The molecule has 1 fully saturated rings. The highest BCUT2D eigenvalue weighted by molar-refractivity contribution is 5.13. The van der Waals surface area contributed by atoms with Crippen molar-refractivity contribution in [3.8, 4) is 0 Å². The second-order valence-corrected chi connectivity index (χ2v) is 3.85. The lowest BCUT2D eigenvalue weighted by atomic mass is 10.2. The van der Waals surface area contributed by atoms with Crippen molar-refractivity contribution in [2.75, 3.05) is 13.2 Å². The molecule has 0 aromatic heterocycles. The zero-order chi connectivity index (χ0) is 10.5. The molecule has 1 aromatic rings. The zero-order valence-electron chi connectivity index (χ0n) is 8.63. The smallest absolute Gasteiger partial charge is 0.0835 e. The Morgan fingerprint density at radius 3 is 2.80 bits per heavy atom. The molecule has 0 bridgehead atoms. The number of hydrogen-bond donors (Lipinski definition) is 1. The van der Waals surface area contributed by atoms with E-state index >= 15 is 0 Å². The van der Waals surface area contributed by atoms with Gasteiger partial charge in [0.15, 0.2) is 0 Å². The van der Waals surface area contributed by atoms with Gasteiger partial charge in [-0.05, 0) is 5.56 Å². The van der Waals surface area contributed by atoms with Gasteiger partial charge in [0.25, 0.3) is 0 Å². The summed E-state index contributed by atoms with van der Waals surface area (Å²) in [5.41, 5.74) is 1.16. The third-order valence-electron chi connectivity index (χ3n) is 2.47. The Kier molecular flexibility index (Phi) is 3.72. The van der Waals surface area contributed by atoms with Crippen LogP contribution in [0, 0.1) is 0 Å². The summed E-state index contributed by atoms with van der Waals surface area (Å²) >= 11 is 0. The van der Waals surface area contributed by atoms with Crippen molar-refractivity contribution in [2.45, 2.75) is 25.2 Å². The van der Waals surface area contributed by atoms with Crippen LogP contribution in [0.2, 0.25) is 0 Å². The van der Waals surface area contributed by atoms with Crippen molar-refractivity contribution < 1.29 is 14.6 Å². The molecular formula is C12H16O3. The summed E-state index contributed by atoms with van der Waals surface area (Å²) in [5.74, 6) is 0. The SMILES string of the molecule is O[C@@H]1CO[C@H](COCc2ccccc2)C1. The third-order valence-corrected chi connectivity index (χ3v) is 2.47. The lowest BCUT2D eigenvalue weighted by Gasteiger charge is -2.09. The Morgan fingerprint density at radius 1 is 1.33 bits per heavy atom. The first-order chi connectivity index (χ1) is 7.34. The highest BCUT2D eigenvalue weighted by atomic mass is 16.5. The van der Waals surface area contributed by atoms with E-state index in [2.05, 4.69) is 0 Å². The number of aliphatic hydroxyl groups is 1.